The van der Waals surface area contributed by atoms with Crippen molar-refractivity contribution in [3.63, 3.8) is 0 Å². The van der Waals surface area contributed by atoms with Crippen molar-refractivity contribution in [2.75, 3.05) is 13.2 Å². The highest BCUT2D eigenvalue weighted by molar-refractivity contribution is 4.68. The second-order valence-electron chi connectivity index (χ2n) is 4.16. The topological polar surface area (TPSA) is 41.5 Å². The summed E-state index contributed by atoms with van der Waals surface area (Å²) in [6, 6.07) is -0.700. The molecule has 0 aromatic heterocycles. The predicted octanol–water partition coefficient (Wildman–Crippen LogP) is 1.70. The van der Waals surface area contributed by atoms with Gasteiger partial charge in [-0.25, -0.2) is 0 Å². The fourth-order valence-electron chi connectivity index (χ4n) is 1.12. The number of aliphatic hydroxyl groups is 1. The van der Waals surface area contributed by atoms with Crippen LogP contribution in [0.15, 0.2) is 0 Å². The Morgan fingerprint density at radius 3 is 2.25 bits per heavy atom. The summed E-state index contributed by atoms with van der Waals surface area (Å²) in [7, 11) is 0. The molecule has 2 N–H and O–H groups in total. The van der Waals surface area contributed by atoms with Crippen LogP contribution < -0.4 is 5.32 Å². The first-order chi connectivity index (χ1) is 7.20. The molecule has 0 rings (SSSR count). The van der Waals surface area contributed by atoms with E-state index >= 15 is 0 Å². The number of hydrogen-bond acceptors (Lipinski definition) is 3. The van der Waals surface area contributed by atoms with Gasteiger partial charge in [-0.2, -0.15) is 13.2 Å². The Hall–Kier alpha value is -0.330. The van der Waals surface area contributed by atoms with Crippen LogP contribution in [-0.2, 0) is 4.74 Å². The first-order valence-electron chi connectivity index (χ1n) is 5.30. The van der Waals surface area contributed by atoms with E-state index in [4.69, 9.17) is 4.74 Å². The van der Waals surface area contributed by atoms with E-state index in [1.165, 1.54) is 6.92 Å². The third-order valence-corrected chi connectivity index (χ3v) is 1.86. The number of ether oxygens (including phenoxy) is 1. The van der Waals surface area contributed by atoms with Gasteiger partial charge in [0.05, 0.1) is 25.2 Å². The highest BCUT2D eigenvalue weighted by atomic mass is 19.4. The van der Waals surface area contributed by atoms with Crippen molar-refractivity contribution in [2.24, 2.45) is 0 Å². The van der Waals surface area contributed by atoms with Crippen LogP contribution >= 0.6 is 0 Å². The molecule has 3 nitrogen and oxygen atoms in total. The van der Waals surface area contributed by atoms with E-state index in [9.17, 15) is 18.3 Å². The van der Waals surface area contributed by atoms with Crippen LogP contribution in [0, 0.1) is 0 Å². The first kappa shape index (κ1) is 15.7. The number of alkyl halides is 3. The van der Waals surface area contributed by atoms with E-state index in [0.717, 1.165) is 0 Å². The molecular formula is C10H20F3NO2. The molecule has 0 aromatic rings. The van der Waals surface area contributed by atoms with Crippen LogP contribution in [0.3, 0.4) is 0 Å². The van der Waals surface area contributed by atoms with Gasteiger partial charge in [0.25, 0.3) is 0 Å². The third-order valence-electron chi connectivity index (χ3n) is 1.86. The fraction of sp³-hybridized carbons (Fsp3) is 1.00. The third kappa shape index (κ3) is 10.2. The lowest BCUT2D eigenvalue weighted by atomic mass is 10.2. The number of nitrogens with one attached hydrogen (secondary N) is 1. The summed E-state index contributed by atoms with van der Waals surface area (Å²) in [6.07, 6.45) is -5.85. The summed E-state index contributed by atoms with van der Waals surface area (Å²) in [4.78, 5) is 0. The Balaban J connectivity index is 3.63. The molecule has 98 valence electrons. The van der Waals surface area contributed by atoms with Crippen molar-refractivity contribution in [3.8, 4) is 0 Å². The van der Waals surface area contributed by atoms with Gasteiger partial charge in [-0.05, 0) is 20.8 Å². The average molecular weight is 243 g/mol. The zero-order valence-corrected chi connectivity index (χ0v) is 9.84. The normalized spacial score (nSPS) is 16.5. The Morgan fingerprint density at radius 1 is 1.25 bits per heavy atom. The molecule has 0 saturated heterocycles. The summed E-state index contributed by atoms with van der Waals surface area (Å²) in [5, 5.41) is 12.0. The van der Waals surface area contributed by atoms with Gasteiger partial charge in [-0.1, -0.05) is 0 Å². The van der Waals surface area contributed by atoms with E-state index in [1.54, 1.807) is 0 Å². The largest absolute Gasteiger partial charge is 0.390 e. The smallest absolute Gasteiger partial charge is 0.389 e. The lowest BCUT2D eigenvalue weighted by Crippen LogP contribution is -2.38. The van der Waals surface area contributed by atoms with E-state index in [1.807, 2.05) is 13.8 Å². The fourth-order valence-corrected chi connectivity index (χ4v) is 1.12. The molecule has 0 amide bonds. The number of halogens is 3. The molecule has 0 aliphatic rings. The predicted molar refractivity (Wildman–Crippen MR) is 55.2 cm³/mol. The summed E-state index contributed by atoms with van der Waals surface area (Å²) in [5.74, 6) is 0. The van der Waals surface area contributed by atoms with Gasteiger partial charge < -0.3 is 15.2 Å². The zero-order chi connectivity index (χ0) is 12.8. The van der Waals surface area contributed by atoms with Gasteiger partial charge in [-0.3, -0.25) is 0 Å². The first-order valence-corrected chi connectivity index (χ1v) is 5.30. The van der Waals surface area contributed by atoms with Crippen molar-refractivity contribution < 1.29 is 23.0 Å². The van der Waals surface area contributed by atoms with Gasteiger partial charge in [0, 0.05) is 12.6 Å². The minimum atomic E-state index is -4.17. The van der Waals surface area contributed by atoms with Gasteiger partial charge in [0.15, 0.2) is 0 Å². The summed E-state index contributed by atoms with van der Waals surface area (Å²) >= 11 is 0. The van der Waals surface area contributed by atoms with Crippen molar-refractivity contribution in [3.05, 3.63) is 0 Å². The molecule has 0 bridgehead atoms. The zero-order valence-electron chi connectivity index (χ0n) is 9.84. The van der Waals surface area contributed by atoms with E-state index in [0.29, 0.717) is 0 Å². The SMILES string of the molecule is CC(CC(F)(F)F)NCC(O)COC(C)C. The molecule has 0 aromatic carbocycles. The lowest BCUT2D eigenvalue weighted by Gasteiger charge is -2.19. The molecule has 0 fully saturated rings. The molecule has 0 aliphatic carbocycles. The van der Waals surface area contributed by atoms with Crippen molar-refractivity contribution in [1.29, 1.82) is 0 Å². The van der Waals surface area contributed by atoms with Crippen LogP contribution in [0.4, 0.5) is 13.2 Å². The van der Waals surface area contributed by atoms with Crippen LogP contribution in [-0.4, -0.2) is 42.7 Å². The van der Waals surface area contributed by atoms with Crippen molar-refractivity contribution in [2.45, 2.75) is 51.6 Å². The lowest BCUT2D eigenvalue weighted by molar-refractivity contribution is -0.139. The highest BCUT2D eigenvalue weighted by Gasteiger charge is 2.29. The molecule has 16 heavy (non-hydrogen) atoms. The van der Waals surface area contributed by atoms with Gasteiger partial charge in [-0.15, -0.1) is 0 Å². The minimum Gasteiger partial charge on any atom is -0.389 e. The Bertz CT molecular complexity index is 185. The molecule has 2 atom stereocenters. The molecule has 2 unspecified atom stereocenters. The minimum absolute atomic E-state index is 0.00208. The molecular weight excluding hydrogens is 223 g/mol. The average Bonchev–Trinajstić information content (AvgIpc) is 2.08. The van der Waals surface area contributed by atoms with Crippen LogP contribution in [0.1, 0.15) is 27.2 Å². The number of rotatable bonds is 7. The maximum absolute atomic E-state index is 12.0. The summed E-state index contributed by atoms with van der Waals surface area (Å²) in [5.41, 5.74) is 0. The second kappa shape index (κ2) is 7.09. The summed E-state index contributed by atoms with van der Waals surface area (Å²) < 4.78 is 41.0. The van der Waals surface area contributed by atoms with Gasteiger partial charge in [0.1, 0.15) is 0 Å². The Kier molecular flexibility index (Phi) is 6.94. The van der Waals surface area contributed by atoms with E-state index in [-0.39, 0.29) is 19.3 Å². The van der Waals surface area contributed by atoms with E-state index in [2.05, 4.69) is 5.32 Å². The van der Waals surface area contributed by atoms with Crippen molar-refractivity contribution in [1.82, 2.24) is 5.32 Å². The maximum Gasteiger partial charge on any atom is 0.390 e. The second-order valence-corrected chi connectivity index (χ2v) is 4.16. The monoisotopic (exact) mass is 243 g/mol. The van der Waals surface area contributed by atoms with Gasteiger partial charge in [0.2, 0.25) is 0 Å². The van der Waals surface area contributed by atoms with E-state index < -0.39 is 24.7 Å². The van der Waals surface area contributed by atoms with Crippen LogP contribution in [0.25, 0.3) is 0 Å². The molecule has 6 heteroatoms. The number of aliphatic hydroxyl groups excluding tert-OH is 1. The molecule has 0 radical (unpaired) electrons. The standard InChI is InChI=1S/C10H20F3NO2/c1-7(2)16-6-9(15)5-14-8(3)4-10(11,12)13/h7-9,14-15H,4-6H2,1-3H3. The maximum atomic E-state index is 12.0. The van der Waals surface area contributed by atoms with Crippen LogP contribution in [0.5, 0.6) is 0 Å². The molecule has 0 spiro atoms. The molecule has 0 saturated carbocycles. The summed E-state index contributed by atoms with van der Waals surface area (Å²) in [6.45, 7) is 5.32. The quantitative estimate of drug-likeness (QED) is 0.715. The van der Waals surface area contributed by atoms with Gasteiger partial charge >= 0.3 is 6.18 Å². The Labute approximate surface area is 94.0 Å². The molecule has 0 aliphatic heterocycles. The highest BCUT2D eigenvalue weighted by Crippen LogP contribution is 2.21. The van der Waals surface area contributed by atoms with Crippen molar-refractivity contribution >= 4 is 0 Å². The van der Waals surface area contributed by atoms with Crippen LogP contribution in [0.2, 0.25) is 0 Å². The molecule has 0 heterocycles. The number of hydrogen-bond donors (Lipinski definition) is 2. The Morgan fingerprint density at radius 2 is 1.81 bits per heavy atom.